The Balaban J connectivity index is 2.26. The van der Waals surface area contributed by atoms with E-state index in [1.807, 2.05) is 20.8 Å². The summed E-state index contributed by atoms with van der Waals surface area (Å²) in [6.45, 7) is 6.70. The van der Waals surface area contributed by atoms with Gasteiger partial charge in [0.25, 0.3) is 0 Å². The van der Waals surface area contributed by atoms with Crippen molar-refractivity contribution in [3.8, 4) is 0 Å². The smallest absolute Gasteiger partial charge is 0.319 e. The number of aryl methyl sites for hydroxylation is 1. The highest BCUT2D eigenvalue weighted by atomic mass is 16.3. The maximum absolute atomic E-state index is 11.6. The highest BCUT2D eigenvalue weighted by Crippen LogP contribution is 2.20. The topological polar surface area (TPSA) is 87.1 Å². The third-order valence-electron chi connectivity index (χ3n) is 3.02. The highest BCUT2D eigenvalue weighted by molar-refractivity contribution is 5.88. The molecule has 0 atom stereocenters. The number of nitrogens with zero attached hydrogens (tertiary/aromatic N) is 2. The average molecular weight is 280 g/mol. The molecular formula is C14H24N4O2. The van der Waals surface area contributed by atoms with Crippen molar-refractivity contribution >= 4 is 11.7 Å². The third-order valence-corrected chi connectivity index (χ3v) is 3.02. The Morgan fingerprint density at radius 3 is 2.55 bits per heavy atom. The van der Waals surface area contributed by atoms with E-state index >= 15 is 0 Å². The van der Waals surface area contributed by atoms with Gasteiger partial charge in [-0.2, -0.15) is 0 Å². The number of rotatable bonds is 7. The SMILES string of the molecule is CCc1ncc(NC(=O)NCCCC(C)(C)CO)cn1. The van der Waals surface area contributed by atoms with Crippen LogP contribution in [0.1, 0.15) is 39.4 Å². The molecule has 0 aliphatic heterocycles. The first kappa shape index (κ1) is 16.4. The summed E-state index contributed by atoms with van der Waals surface area (Å²) in [6, 6.07) is -0.264. The molecule has 1 heterocycles. The zero-order valence-electron chi connectivity index (χ0n) is 12.4. The molecule has 0 bridgehead atoms. The summed E-state index contributed by atoms with van der Waals surface area (Å²) in [5.41, 5.74) is 0.484. The molecule has 6 nitrogen and oxygen atoms in total. The molecule has 6 heteroatoms. The van der Waals surface area contributed by atoms with Gasteiger partial charge in [-0.25, -0.2) is 14.8 Å². The molecule has 20 heavy (non-hydrogen) atoms. The number of carbonyl (C=O) groups is 1. The first-order chi connectivity index (χ1) is 9.46. The van der Waals surface area contributed by atoms with E-state index < -0.39 is 0 Å². The lowest BCUT2D eigenvalue weighted by Gasteiger charge is -2.21. The first-order valence-corrected chi connectivity index (χ1v) is 6.93. The zero-order valence-corrected chi connectivity index (χ0v) is 12.4. The fourth-order valence-corrected chi connectivity index (χ4v) is 1.63. The maximum Gasteiger partial charge on any atom is 0.319 e. The lowest BCUT2D eigenvalue weighted by molar-refractivity contribution is 0.148. The standard InChI is InChI=1S/C14H24N4O2/c1-4-12-16-8-11(9-17-12)18-13(20)15-7-5-6-14(2,3)10-19/h8-9,19H,4-7,10H2,1-3H3,(H2,15,18,20). The van der Waals surface area contributed by atoms with E-state index in [0.717, 1.165) is 25.1 Å². The van der Waals surface area contributed by atoms with Crippen molar-refractivity contribution in [3.05, 3.63) is 18.2 Å². The van der Waals surface area contributed by atoms with E-state index in [4.69, 9.17) is 5.11 Å². The van der Waals surface area contributed by atoms with Crippen LogP contribution in [0.15, 0.2) is 12.4 Å². The fraction of sp³-hybridized carbons (Fsp3) is 0.643. The fourth-order valence-electron chi connectivity index (χ4n) is 1.63. The molecule has 112 valence electrons. The van der Waals surface area contributed by atoms with Gasteiger partial charge in [0.2, 0.25) is 0 Å². The van der Waals surface area contributed by atoms with Gasteiger partial charge >= 0.3 is 6.03 Å². The summed E-state index contributed by atoms with van der Waals surface area (Å²) < 4.78 is 0. The minimum absolute atomic E-state index is 0.0953. The molecule has 0 fully saturated rings. The predicted molar refractivity (Wildman–Crippen MR) is 78.5 cm³/mol. The molecule has 0 radical (unpaired) electrons. The van der Waals surface area contributed by atoms with Gasteiger partial charge in [-0.05, 0) is 18.3 Å². The van der Waals surface area contributed by atoms with Crippen molar-refractivity contribution < 1.29 is 9.90 Å². The van der Waals surface area contributed by atoms with Crippen molar-refractivity contribution in [2.75, 3.05) is 18.5 Å². The van der Waals surface area contributed by atoms with E-state index in [-0.39, 0.29) is 18.1 Å². The van der Waals surface area contributed by atoms with Crippen LogP contribution in [0.2, 0.25) is 0 Å². The summed E-state index contributed by atoms with van der Waals surface area (Å²) in [6.07, 6.45) is 5.65. The van der Waals surface area contributed by atoms with Crippen LogP contribution in [0.4, 0.5) is 10.5 Å². The number of hydrogen-bond donors (Lipinski definition) is 3. The van der Waals surface area contributed by atoms with Crippen molar-refractivity contribution in [1.29, 1.82) is 0 Å². The summed E-state index contributed by atoms with van der Waals surface area (Å²) in [7, 11) is 0. The van der Waals surface area contributed by atoms with E-state index in [2.05, 4.69) is 20.6 Å². The lowest BCUT2D eigenvalue weighted by atomic mass is 9.89. The number of urea groups is 1. The largest absolute Gasteiger partial charge is 0.396 e. The van der Waals surface area contributed by atoms with E-state index in [9.17, 15) is 4.79 Å². The Morgan fingerprint density at radius 2 is 2.00 bits per heavy atom. The minimum atomic E-state index is -0.264. The van der Waals surface area contributed by atoms with Crippen LogP contribution < -0.4 is 10.6 Å². The average Bonchev–Trinajstić information content (AvgIpc) is 2.44. The number of aliphatic hydroxyl groups excluding tert-OH is 1. The second kappa shape index (κ2) is 7.79. The number of aliphatic hydroxyl groups is 1. The van der Waals surface area contributed by atoms with Gasteiger partial charge in [0.05, 0.1) is 18.1 Å². The Hall–Kier alpha value is -1.69. The summed E-state index contributed by atoms with van der Waals surface area (Å²) >= 11 is 0. The molecule has 0 aliphatic carbocycles. The summed E-state index contributed by atoms with van der Waals surface area (Å²) in [5.74, 6) is 0.752. The molecule has 1 rings (SSSR count). The lowest BCUT2D eigenvalue weighted by Crippen LogP contribution is -2.30. The van der Waals surface area contributed by atoms with Crippen molar-refractivity contribution in [2.45, 2.75) is 40.0 Å². The van der Waals surface area contributed by atoms with E-state index in [1.165, 1.54) is 0 Å². The molecule has 0 aliphatic rings. The quantitative estimate of drug-likeness (QED) is 0.666. The van der Waals surface area contributed by atoms with Crippen LogP contribution in [0.25, 0.3) is 0 Å². The second-order valence-electron chi connectivity index (χ2n) is 5.55. The van der Waals surface area contributed by atoms with Crippen LogP contribution in [0.5, 0.6) is 0 Å². The zero-order chi connectivity index (χ0) is 15.0. The summed E-state index contributed by atoms with van der Waals surface area (Å²) in [5, 5.41) is 14.6. The highest BCUT2D eigenvalue weighted by Gasteiger charge is 2.15. The van der Waals surface area contributed by atoms with Crippen LogP contribution in [0, 0.1) is 5.41 Å². The Kier molecular flexibility index (Phi) is 6.38. The number of carbonyl (C=O) groups excluding carboxylic acids is 1. The Morgan fingerprint density at radius 1 is 1.35 bits per heavy atom. The molecule has 2 amide bonds. The minimum Gasteiger partial charge on any atom is -0.396 e. The van der Waals surface area contributed by atoms with Gasteiger partial charge in [0, 0.05) is 19.6 Å². The number of amides is 2. The molecule has 1 aromatic heterocycles. The molecule has 0 saturated heterocycles. The molecule has 0 unspecified atom stereocenters. The van der Waals surface area contributed by atoms with E-state index in [0.29, 0.717) is 12.2 Å². The van der Waals surface area contributed by atoms with Gasteiger partial charge in [-0.1, -0.05) is 20.8 Å². The molecule has 1 aromatic rings. The van der Waals surface area contributed by atoms with Crippen LogP contribution in [0.3, 0.4) is 0 Å². The normalized spacial score (nSPS) is 11.2. The molecule has 0 saturated carbocycles. The van der Waals surface area contributed by atoms with Gasteiger partial charge in [0.15, 0.2) is 0 Å². The maximum atomic E-state index is 11.6. The number of aromatic nitrogens is 2. The van der Waals surface area contributed by atoms with Crippen LogP contribution in [-0.4, -0.2) is 34.3 Å². The molecular weight excluding hydrogens is 256 g/mol. The van der Waals surface area contributed by atoms with Crippen molar-refractivity contribution in [3.63, 3.8) is 0 Å². The second-order valence-corrected chi connectivity index (χ2v) is 5.55. The Bertz CT molecular complexity index is 418. The van der Waals surface area contributed by atoms with Crippen molar-refractivity contribution in [1.82, 2.24) is 15.3 Å². The number of nitrogens with one attached hydrogen (secondary N) is 2. The van der Waals surface area contributed by atoms with Gasteiger partial charge < -0.3 is 15.7 Å². The predicted octanol–water partition coefficient (Wildman–Crippen LogP) is 1.96. The first-order valence-electron chi connectivity index (χ1n) is 6.93. The monoisotopic (exact) mass is 280 g/mol. The third kappa shape index (κ3) is 5.97. The number of anilines is 1. The van der Waals surface area contributed by atoms with E-state index in [1.54, 1.807) is 12.4 Å². The van der Waals surface area contributed by atoms with Gasteiger partial charge in [-0.3, -0.25) is 0 Å². The van der Waals surface area contributed by atoms with Crippen LogP contribution in [-0.2, 0) is 6.42 Å². The number of hydrogen-bond acceptors (Lipinski definition) is 4. The van der Waals surface area contributed by atoms with Crippen LogP contribution >= 0.6 is 0 Å². The Labute approximate surface area is 120 Å². The van der Waals surface area contributed by atoms with Gasteiger partial charge in [-0.15, -0.1) is 0 Å². The molecule has 3 N–H and O–H groups in total. The van der Waals surface area contributed by atoms with Gasteiger partial charge in [0.1, 0.15) is 5.82 Å². The summed E-state index contributed by atoms with van der Waals surface area (Å²) in [4.78, 5) is 19.9. The van der Waals surface area contributed by atoms with Crippen molar-refractivity contribution in [2.24, 2.45) is 5.41 Å². The molecule has 0 aromatic carbocycles. The molecule has 0 spiro atoms.